The summed E-state index contributed by atoms with van der Waals surface area (Å²) in [5.41, 5.74) is 2.35. The fraction of sp³-hybridized carbons (Fsp3) is 0.200. The second kappa shape index (κ2) is 6.80. The van der Waals surface area contributed by atoms with Crippen LogP contribution in [-0.2, 0) is 13.0 Å². The number of H-pyrrole nitrogens is 1. The molecule has 26 heavy (non-hydrogen) atoms. The van der Waals surface area contributed by atoms with E-state index in [4.69, 9.17) is 7.98 Å². The number of nitrogens with zero attached hydrogens (tertiary/aromatic N) is 2. The summed E-state index contributed by atoms with van der Waals surface area (Å²) in [7, 11) is 5.90. The zero-order valence-electron chi connectivity index (χ0n) is 14.3. The van der Waals surface area contributed by atoms with Gasteiger partial charge in [0.2, 0.25) is 0 Å². The van der Waals surface area contributed by atoms with Gasteiger partial charge in [-0.05, 0) is 24.1 Å². The maximum Gasteiger partial charge on any atom is 0.329 e. The minimum absolute atomic E-state index is 0.281. The fourth-order valence-corrected chi connectivity index (χ4v) is 3.54. The van der Waals surface area contributed by atoms with Crippen LogP contribution < -0.4 is 11.2 Å². The first-order valence-electron chi connectivity index (χ1n) is 8.61. The van der Waals surface area contributed by atoms with Gasteiger partial charge < -0.3 is 9.79 Å². The molecule has 2 radical (unpaired) electrons. The van der Waals surface area contributed by atoms with Crippen molar-refractivity contribution in [3.05, 3.63) is 104 Å². The van der Waals surface area contributed by atoms with Gasteiger partial charge in [0.15, 0.2) is 7.98 Å². The van der Waals surface area contributed by atoms with Crippen LogP contribution >= 0.6 is 0 Å². The largest absolute Gasteiger partial charge is 0.349 e. The van der Waals surface area contributed by atoms with Gasteiger partial charge in [-0.25, -0.2) is 9.36 Å². The molecular formula is C20H18BN3O2. The van der Waals surface area contributed by atoms with Gasteiger partial charge >= 0.3 is 5.69 Å². The van der Waals surface area contributed by atoms with Crippen LogP contribution in [0.3, 0.4) is 0 Å². The van der Waals surface area contributed by atoms with Gasteiger partial charge in [0.05, 0.1) is 11.6 Å². The summed E-state index contributed by atoms with van der Waals surface area (Å²) in [4.78, 5) is 30.6. The van der Waals surface area contributed by atoms with Gasteiger partial charge in [-0.15, -0.1) is 0 Å². The molecule has 1 aromatic heterocycles. The molecule has 0 unspecified atom stereocenters. The van der Waals surface area contributed by atoms with Crippen LogP contribution in [0.5, 0.6) is 0 Å². The number of rotatable bonds is 3. The van der Waals surface area contributed by atoms with Crippen molar-refractivity contribution < 1.29 is 0 Å². The van der Waals surface area contributed by atoms with E-state index in [1.54, 1.807) is 4.81 Å². The predicted octanol–water partition coefficient (Wildman–Crippen LogP) is 1.62. The average molecular weight is 343 g/mol. The highest BCUT2D eigenvalue weighted by molar-refractivity contribution is 6.04. The summed E-state index contributed by atoms with van der Waals surface area (Å²) < 4.78 is 1.31. The molecule has 0 atom stereocenters. The molecule has 3 aromatic rings. The van der Waals surface area contributed by atoms with Crippen molar-refractivity contribution in [3.8, 4) is 0 Å². The second-order valence-electron chi connectivity index (χ2n) is 6.51. The molecule has 2 heterocycles. The third-order valence-corrected chi connectivity index (χ3v) is 4.82. The first kappa shape index (κ1) is 16.6. The predicted molar refractivity (Wildman–Crippen MR) is 101 cm³/mol. The Bertz CT molecular complexity index is 989. The third kappa shape index (κ3) is 2.93. The Morgan fingerprint density at radius 3 is 2.08 bits per heavy atom. The molecule has 0 fully saturated rings. The molecular weight excluding hydrogens is 325 g/mol. The fourth-order valence-electron chi connectivity index (χ4n) is 3.54. The lowest BCUT2D eigenvalue weighted by Gasteiger charge is -2.27. The van der Waals surface area contributed by atoms with E-state index >= 15 is 0 Å². The molecule has 0 bridgehead atoms. The summed E-state index contributed by atoms with van der Waals surface area (Å²) in [6, 6.07) is 18.7. The standard InChI is InChI=1S/C20H18BN3O2/c21-23-12-11-17-16(13-23)19(25)24(20(26)22-17)18(14-7-3-1-4-8-14)15-9-5-2-6-10-15/h1-10,18H,11-13H2,(H,22,26). The Balaban J connectivity index is 1.97. The van der Waals surface area contributed by atoms with Crippen LogP contribution in [0.25, 0.3) is 0 Å². The van der Waals surface area contributed by atoms with E-state index in [0.717, 1.165) is 11.1 Å². The minimum atomic E-state index is -0.493. The highest BCUT2D eigenvalue weighted by Gasteiger charge is 2.25. The maximum absolute atomic E-state index is 13.2. The van der Waals surface area contributed by atoms with Crippen molar-refractivity contribution in [3.63, 3.8) is 0 Å². The van der Waals surface area contributed by atoms with Gasteiger partial charge in [0, 0.05) is 12.2 Å². The monoisotopic (exact) mass is 343 g/mol. The van der Waals surface area contributed by atoms with Crippen LogP contribution in [0.4, 0.5) is 0 Å². The van der Waals surface area contributed by atoms with E-state index in [2.05, 4.69) is 4.98 Å². The number of hydrogen-bond acceptors (Lipinski definition) is 3. The molecule has 0 aliphatic carbocycles. The molecule has 0 amide bonds. The van der Waals surface area contributed by atoms with Crippen molar-refractivity contribution in [2.24, 2.45) is 0 Å². The van der Waals surface area contributed by atoms with Crippen LogP contribution in [-0.4, -0.2) is 28.9 Å². The molecule has 4 rings (SSSR count). The number of aromatic nitrogens is 2. The van der Waals surface area contributed by atoms with Crippen LogP contribution in [0, 0.1) is 0 Å². The van der Waals surface area contributed by atoms with Crippen LogP contribution in [0.2, 0.25) is 0 Å². The third-order valence-electron chi connectivity index (χ3n) is 4.82. The van der Waals surface area contributed by atoms with E-state index < -0.39 is 11.7 Å². The Hall–Kier alpha value is -2.86. The molecule has 128 valence electrons. The highest BCUT2D eigenvalue weighted by Crippen LogP contribution is 2.24. The van der Waals surface area contributed by atoms with Crippen LogP contribution in [0.15, 0.2) is 70.3 Å². The lowest BCUT2D eigenvalue weighted by atomic mass is 9.97. The van der Waals surface area contributed by atoms with E-state index in [0.29, 0.717) is 30.8 Å². The molecule has 0 spiro atoms. The summed E-state index contributed by atoms with van der Waals surface area (Å²) in [6.45, 7) is 0.953. The first-order chi connectivity index (χ1) is 12.6. The van der Waals surface area contributed by atoms with Crippen molar-refractivity contribution in [1.82, 2.24) is 14.4 Å². The van der Waals surface area contributed by atoms with Crippen molar-refractivity contribution in [2.75, 3.05) is 6.54 Å². The van der Waals surface area contributed by atoms with Gasteiger partial charge in [0.1, 0.15) is 0 Å². The number of benzene rings is 2. The summed E-state index contributed by atoms with van der Waals surface area (Å²) >= 11 is 0. The van der Waals surface area contributed by atoms with E-state index in [1.807, 2.05) is 60.7 Å². The summed E-state index contributed by atoms with van der Waals surface area (Å²) in [6.07, 6.45) is 0.568. The molecule has 1 N–H and O–H groups in total. The van der Waals surface area contributed by atoms with Crippen molar-refractivity contribution in [1.29, 1.82) is 0 Å². The van der Waals surface area contributed by atoms with Gasteiger partial charge in [0.25, 0.3) is 5.56 Å². The minimum Gasteiger partial charge on any atom is -0.349 e. The molecule has 1 aliphatic heterocycles. The smallest absolute Gasteiger partial charge is 0.329 e. The Labute approximate surface area is 152 Å². The quantitative estimate of drug-likeness (QED) is 0.736. The van der Waals surface area contributed by atoms with E-state index in [1.165, 1.54) is 4.57 Å². The van der Waals surface area contributed by atoms with E-state index in [9.17, 15) is 9.59 Å². The SMILES string of the molecule is [B]N1CCc2[nH]c(=O)n(C(c3ccccc3)c3ccccc3)c(=O)c2C1. The van der Waals surface area contributed by atoms with E-state index in [-0.39, 0.29) is 5.56 Å². The van der Waals surface area contributed by atoms with Gasteiger partial charge in [-0.1, -0.05) is 60.7 Å². The molecule has 0 saturated carbocycles. The lowest BCUT2D eigenvalue weighted by molar-refractivity contribution is 0.410. The van der Waals surface area contributed by atoms with Crippen molar-refractivity contribution in [2.45, 2.75) is 19.0 Å². The number of nitrogens with one attached hydrogen (secondary N) is 1. The summed E-state index contributed by atoms with van der Waals surface area (Å²) in [5.74, 6) is 0. The van der Waals surface area contributed by atoms with Gasteiger partial charge in [-0.3, -0.25) is 4.79 Å². The molecule has 2 aromatic carbocycles. The second-order valence-corrected chi connectivity index (χ2v) is 6.51. The van der Waals surface area contributed by atoms with Gasteiger partial charge in [-0.2, -0.15) is 0 Å². The zero-order chi connectivity index (χ0) is 18.1. The first-order valence-corrected chi connectivity index (χ1v) is 8.61. The Morgan fingerprint density at radius 2 is 1.50 bits per heavy atom. The number of hydrogen-bond donors (Lipinski definition) is 1. The lowest BCUT2D eigenvalue weighted by Crippen LogP contribution is -2.45. The Kier molecular flexibility index (Phi) is 4.35. The van der Waals surface area contributed by atoms with Crippen LogP contribution in [0.1, 0.15) is 28.4 Å². The topological polar surface area (TPSA) is 58.1 Å². The highest BCUT2D eigenvalue weighted by atomic mass is 16.2. The molecule has 1 aliphatic rings. The number of fused-ring (bicyclic) bond motifs is 1. The normalized spacial score (nSPS) is 14.3. The molecule has 5 nitrogen and oxygen atoms in total. The number of aromatic amines is 1. The molecule has 6 heteroatoms. The zero-order valence-corrected chi connectivity index (χ0v) is 14.3. The summed E-state index contributed by atoms with van der Waals surface area (Å²) in [5, 5.41) is 0. The Morgan fingerprint density at radius 1 is 0.923 bits per heavy atom. The maximum atomic E-state index is 13.2. The average Bonchev–Trinajstić information content (AvgIpc) is 2.67. The molecule has 0 saturated heterocycles. The van der Waals surface area contributed by atoms with Crippen molar-refractivity contribution >= 4 is 7.98 Å².